The number of benzene rings is 1. The molecule has 10 heteroatoms. The molecule has 2 aromatic rings. The standard InChI is InChI=1S/C17H20ClN5O2S.ClH/c1-10-9-23(26(2,24)25)15-8-11(12-5-3-4-6-13(12)18)7-14(16(10)15)21-22-17(19)20;/h3-6,9,11H,7-8H2,1-2H3,(H4,19,20,22);1H. The minimum absolute atomic E-state index is 0. The molecule has 0 saturated carbocycles. The summed E-state index contributed by atoms with van der Waals surface area (Å²) >= 11 is 6.36. The summed E-state index contributed by atoms with van der Waals surface area (Å²) in [6, 6.07) is 7.53. The molecule has 1 unspecified atom stereocenters. The number of aryl methyl sites for hydroxylation is 1. The van der Waals surface area contributed by atoms with E-state index >= 15 is 0 Å². The molecule has 0 saturated heterocycles. The van der Waals surface area contributed by atoms with E-state index in [4.69, 9.17) is 23.1 Å². The van der Waals surface area contributed by atoms with Gasteiger partial charge in [-0.25, -0.2) is 12.4 Å². The highest BCUT2D eigenvalue weighted by Gasteiger charge is 2.32. The lowest BCUT2D eigenvalue weighted by molar-refractivity contribution is 0.587. The monoisotopic (exact) mass is 429 g/mol. The van der Waals surface area contributed by atoms with Gasteiger partial charge in [0.15, 0.2) is 0 Å². The highest BCUT2D eigenvalue weighted by Crippen LogP contribution is 2.38. The summed E-state index contributed by atoms with van der Waals surface area (Å²) in [5.74, 6) is -0.182. The minimum atomic E-state index is -3.45. The number of rotatable bonds is 3. The van der Waals surface area contributed by atoms with Crippen LogP contribution in [-0.4, -0.2) is 30.3 Å². The molecule has 0 amide bonds. The van der Waals surface area contributed by atoms with Gasteiger partial charge in [0.25, 0.3) is 0 Å². The van der Waals surface area contributed by atoms with Crippen molar-refractivity contribution in [3.8, 4) is 0 Å². The second-order valence-electron chi connectivity index (χ2n) is 6.39. The van der Waals surface area contributed by atoms with Crippen LogP contribution in [0.5, 0.6) is 0 Å². The van der Waals surface area contributed by atoms with Crippen LogP contribution in [0.3, 0.4) is 0 Å². The molecule has 1 aromatic heterocycles. The maximum absolute atomic E-state index is 12.2. The summed E-state index contributed by atoms with van der Waals surface area (Å²) < 4.78 is 25.8. The summed E-state index contributed by atoms with van der Waals surface area (Å²) in [5, 5.41) is 8.60. The molecule has 1 aromatic carbocycles. The maximum atomic E-state index is 12.2. The summed E-state index contributed by atoms with van der Waals surface area (Å²) in [5.41, 5.74) is 14.7. The smallest absolute Gasteiger partial charge is 0.235 e. The second-order valence-corrected chi connectivity index (χ2v) is 8.66. The van der Waals surface area contributed by atoms with Gasteiger partial charge < -0.3 is 11.5 Å². The molecule has 1 aliphatic carbocycles. The highest BCUT2D eigenvalue weighted by atomic mass is 35.5. The van der Waals surface area contributed by atoms with Crippen LogP contribution in [0, 0.1) is 6.92 Å². The number of guanidine groups is 1. The lowest BCUT2D eigenvalue weighted by Crippen LogP contribution is -2.25. The zero-order chi connectivity index (χ0) is 19.1. The quantitative estimate of drug-likeness (QED) is 0.442. The van der Waals surface area contributed by atoms with Crippen LogP contribution in [0.25, 0.3) is 0 Å². The van der Waals surface area contributed by atoms with Gasteiger partial charge in [-0.15, -0.1) is 17.5 Å². The van der Waals surface area contributed by atoms with Gasteiger partial charge >= 0.3 is 0 Å². The molecule has 7 nitrogen and oxygen atoms in total. The molecule has 0 fully saturated rings. The fourth-order valence-corrected chi connectivity index (χ4v) is 4.62. The Kier molecular flexibility index (Phi) is 6.24. The summed E-state index contributed by atoms with van der Waals surface area (Å²) in [7, 11) is -3.45. The highest BCUT2D eigenvalue weighted by molar-refractivity contribution is 7.89. The van der Waals surface area contributed by atoms with Gasteiger partial charge in [0.05, 0.1) is 12.0 Å². The Morgan fingerprint density at radius 1 is 1.26 bits per heavy atom. The van der Waals surface area contributed by atoms with Crippen LogP contribution in [0.15, 0.2) is 40.7 Å². The Bertz CT molecular complexity index is 1020. The van der Waals surface area contributed by atoms with Crippen molar-refractivity contribution < 1.29 is 8.42 Å². The number of fused-ring (bicyclic) bond motifs is 1. The predicted molar refractivity (Wildman–Crippen MR) is 112 cm³/mol. The normalized spacial score (nSPS) is 17.9. The first-order chi connectivity index (χ1) is 12.2. The number of hydrogen-bond acceptors (Lipinski definition) is 4. The second kappa shape index (κ2) is 7.92. The van der Waals surface area contributed by atoms with Crippen molar-refractivity contribution in [3.05, 3.63) is 57.9 Å². The molecule has 146 valence electrons. The SMILES string of the molecule is Cc1cn(S(C)(=O)=O)c2c1C(=NN=C(N)N)CC(c1ccccc1Cl)C2.Cl. The summed E-state index contributed by atoms with van der Waals surface area (Å²) in [4.78, 5) is 0. The zero-order valence-corrected chi connectivity index (χ0v) is 17.3. The van der Waals surface area contributed by atoms with Gasteiger partial charge in [0.2, 0.25) is 16.0 Å². The van der Waals surface area contributed by atoms with E-state index in [-0.39, 0.29) is 24.3 Å². The Morgan fingerprint density at radius 2 is 1.93 bits per heavy atom. The van der Waals surface area contributed by atoms with Gasteiger partial charge in [0.1, 0.15) is 0 Å². The Morgan fingerprint density at radius 3 is 2.52 bits per heavy atom. The van der Waals surface area contributed by atoms with E-state index in [0.29, 0.717) is 29.3 Å². The van der Waals surface area contributed by atoms with E-state index in [1.807, 2.05) is 31.2 Å². The van der Waals surface area contributed by atoms with Crippen molar-refractivity contribution in [2.24, 2.45) is 21.7 Å². The van der Waals surface area contributed by atoms with Crippen molar-refractivity contribution in [1.82, 2.24) is 3.97 Å². The molecule has 3 rings (SSSR count). The third kappa shape index (κ3) is 4.28. The first-order valence-corrected chi connectivity index (χ1v) is 10.2. The van der Waals surface area contributed by atoms with Crippen molar-refractivity contribution in [2.45, 2.75) is 25.7 Å². The van der Waals surface area contributed by atoms with Crippen LogP contribution in [0.2, 0.25) is 5.02 Å². The van der Waals surface area contributed by atoms with Gasteiger partial charge in [-0.05, 0) is 42.9 Å². The minimum Gasteiger partial charge on any atom is -0.369 e. The van der Waals surface area contributed by atoms with Gasteiger partial charge in [-0.1, -0.05) is 29.8 Å². The largest absolute Gasteiger partial charge is 0.369 e. The molecule has 1 atom stereocenters. The van der Waals surface area contributed by atoms with Crippen molar-refractivity contribution in [3.63, 3.8) is 0 Å². The van der Waals surface area contributed by atoms with E-state index in [0.717, 1.165) is 16.7 Å². The van der Waals surface area contributed by atoms with Crippen molar-refractivity contribution >= 4 is 45.7 Å². The summed E-state index contributed by atoms with van der Waals surface area (Å²) in [6.07, 6.45) is 3.88. The fraction of sp³-hybridized carbons (Fsp3) is 0.294. The van der Waals surface area contributed by atoms with Gasteiger partial charge in [-0.3, -0.25) is 0 Å². The number of nitrogens with zero attached hydrogens (tertiary/aromatic N) is 3. The molecule has 0 spiro atoms. The van der Waals surface area contributed by atoms with E-state index in [9.17, 15) is 8.42 Å². The van der Waals surface area contributed by atoms with E-state index in [2.05, 4.69) is 10.2 Å². The predicted octanol–water partition coefficient (Wildman–Crippen LogP) is 2.39. The summed E-state index contributed by atoms with van der Waals surface area (Å²) in [6.45, 7) is 1.85. The average molecular weight is 430 g/mol. The van der Waals surface area contributed by atoms with E-state index < -0.39 is 10.0 Å². The van der Waals surface area contributed by atoms with Crippen molar-refractivity contribution in [1.29, 1.82) is 0 Å². The van der Waals surface area contributed by atoms with Crippen molar-refractivity contribution in [2.75, 3.05) is 6.26 Å². The third-order valence-electron chi connectivity index (χ3n) is 4.42. The average Bonchev–Trinajstić information content (AvgIpc) is 2.90. The van der Waals surface area contributed by atoms with Crippen LogP contribution in [0.4, 0.5) is 0 Å². The van der Waals surface area contributed by atoms with E-state index in [1.54, 1.807) is 6.20 Å². The molecular weight excluding hydrogens is 409 g/mol. The van der Waals surface area contributed by atoms with Crippen LogP contribution in [-0.2, 0) is 16.4 Å². The Hall–Kier alpha value is -2.03. The van der Waals surface area contributed by atoms with Crippen LogP contribution >= 0.6 is 24.0 Å². The van der Waals surface area contributed by atoms with Gasteiger partial charge in [-0.2, -0.15) is 5.10 Å². The van der Waals surface area contributed by atoms with Crippen LogP contribution in [0.1, 0.15) is 34.7 Å². The van der Waals surface area contributed by atoms with E-state index in [1.165, 1.54) is 10.2 Å². The third-order valence-corrected chi connectivity index (χ3v) is 5.80. The fourth-order valence-electron chi connectivity index (χ4n) is 3.41. The first-order valence-electron chi connectivity index (χ1n) is 8.00. The molecule has 4 N–H and O–H groups in total. The molecule has 1 heterocycles. The molecule has 0 bridgehead atoms. The topological polar surface area (TPSA) is 116 Å². The number of nitrogens with two attached hydrogens (primary N) is 2. The first kappa shape index (κ1) is 21.3. The number of aromatic nitrogens is 1. The lowest BCUT2D eigenvalue weighted by Gasteiger charge is -2.26. The Balaban J connectivity index is 0.00000261. The number of halogens is 2. The van der Waals surface area contributed by atoms with Gasteiger partial charge in [0, 0.05) is 22.5 Å². The maximum Gasteiger partial charge on any atom is 0.235 e. The van der Waals surface area contributed by atoms with Crippen LogP contribution < -0.4 is 11.5 Å². The lowest BCUT2D eigenvalue weighted by atomic mass is 9.81. The molecule has 27 heavy (non-hydrogen) atoms. The molecular formula is C17H21Cl2N5O2S. The molecule has 0 radical (unpaired) electrons. The zero-order valence-electron chi connectivity index (χ0n) is 14.9. The molecule has 0 aliphatic heterocycles. The Labute approximate surface area is 169 Å². The number of hydrogen-bond donors (Lipinski definition) is 2. The molecule has 1 aliphatic rings.